The molecule has 0 saturated carbocycles. The highest BCUT2D eigenvalue weighted by molar-refractivity contribution is 9.11. The number of nitrogens with zero attached hydrogens (tertiary/aromatic N) is 4. The Morgan fingerprint density at radius 2 is 1.88 bits per heavy atom. The highest BCUT2D eigenvalue weighted by Gasteiger charge is 2.20. The Labute approximate surface area is 216 Å². The van der Waals surface area contributed by atoms with Crippen molar-refractivity contribution >= 4 is 55.1 Å². The molecule has 0 unspecified atom stereocenters. The number of rotatable bonds is 3. The van der Waals surface area contributed by atoms with Crippen molar-refractivity contribution in [2.24, 2.45) is 0 Å². The second-order valence-corrected chi connectivity index (χ2v) is 9.37. The zero-order valence-corrected chi connectivity index (χ0v) is 21.7. The van der Waals surface area contributed by atoms with Gasteiger partial charge in [0.25, 0.3) is 0 Å². The van der Waals surface area contributed by atoms with Gasteiger partial charge in [0.15, 0.2) is 0 Å². The first kappa shape index (κ1) is 25.2. The van der Waals surface area contributed by atoms with Gasteiger partial charge in [-0.25, -0.2) is 4.79 Å². The number of phenols is 1. The van der Waals surface area contributed by atoms with Gasteiger partial charge in [0.05, 0.1) is 36.3 Å². The van der Waals surface area contributed by atoms with Gasteiger partial charge in [-0.1, -0.05) is 29.1 Å². The Morgan fingerprint density at radius 1 is 1.18 bits per heavy atom. The van der Waals surface area contributed by atoms with E-state index in [1.807, 2.05) is 6.07 Å². The van der Waals surface area contributed by atoms with E-state index >= 15 is 0 Å². The summed E-state index contributed by atoms with van der Waals surface area (Å²) in [4.78, 5) is 12.5. The number of aryl methyl sites for hydroxylation is 1. The lowest BCUT2D eigenvalue weighted by Gasteiger charge is -2.09. The summed E-state index contributed by atoms with van der Waals surface area (Å²) < 4.78 is 9.37. The van der Waals surface area contributed by atoms with Crippen LogP contribution < -0.4 is 10.4 Å². The molecule has 2 aromatic carbocycles. The molecule has 33 heavy (non-hydrogen) atoms. The minimum atomic E-state index is -0.207. The third-order valence-corrected chi connectivity index (χ3v) is 6.46. The number of benzene rings is 2. The molecule has 1 aromatic heterocycles. The summed E-state index contributed by atoms with van der Waals surface area (Å²) in [5.41, 5.74) is 0.730. The van der Waals surface area contributed by atoms with Crippen molar-refractivity contribution in [1.29, 1.82) is 5.26 Å². The molecule has 0 bridgehead atoms. The van der Waals surface area contributed by atoms with Crippen LogP contribution in [0.4, 0.5) is 0 Å². The molecule has 170 valence electrons. The maximum atomic E-state index is 12.5. The van der Waals surface area contributed by atoms with Crippen molar-refractivity contribution in [2.75, 3.05) is 6.61 Å². The first-order valence-corrected chi connectivity index (χ1v) is 11.9. The molecule has 0 fully saturated rings. The summed E-state index contributed by atoms with van der Waals surface area (Å²) in [7, 11) is 0. The maximum absolute atomic E-state index is 12.5. The molecular formula is C22H16Br2Cl2N4O3. The number of hydrogen-bond acceptors (Lipinski definition) is 5. The van der Waals surface area contributed by atoms with E-state index in [4.69, 9.17) is 39.6 Å². The molecule has 0 amide bonds. The molecule has 0 aliphatic carbocycles. The SMILES string of the molecule is C#CCOc1cc(-n2nc3n(c2=O)CCCC3)c(Cl)cc1Cl.N#Cc1cc(Br)c(O)c(Br)c1. The van der Waals surface area contributed by atoms with Crippen molar-refractivity contribution in [3.63, 3.8) is 0 Å². The Bertz CT molecular complexity index is 1320. The van der Waals surface area contributed by atoms with E-state index < -0.39 is 0 Å². The smallest absolute Gasteiger partial charge is 0.350 e. The second-order valence-electron chi connectivity index (χ2n) is 6.85. The van der Waals surface area contributed by atoms with Crippen molar-refractivity contribution in [3.8, 4) is 35.6 Å². The van der Waals surface area contributed by atoms with Crippen LogP contribution in [0.25, 0.3) is 5.69 Å². The molecule has 11 heteroatoms. The van der Waals surface area contributed by atoms with E-state index in [0.29, 0.717) is 42.5 Å². The fourth-order valence-electron chi connectivity index (χ4n) is 3.10. The molecule has 0 atom stereocenters. The van der Waals surface area contributed by atoms with Crippen LogP contribution in [0.5, 0.6) is 11.5 Å². The lowest BCUT2D eigenvalue weighted by atomic mass is 10.2. The summed E-state index contributed by atoms with van der Waals surface area (Å²) in [6.45, 7) is 0.759. The minimum absolute atomic E-state index is 0.0788. The average Bonchev–Trinajstić information content (AvgIpc) is 3.13. The van der Waals surface area contributed by atoms with Crippen molar-refractivity contribution in [3.05, 3.63) is 65.1 Å². The fraction of sp³-hybridized carbons (Fsp3) is 0.227. The maximum Gasteiger partial charge on any atom is 0.350 e. The number of nitriles is 1. The molecule has 4 rings (SSSR count). The molecule has 3 aromatic rings. The van der Waals surface area contributed by atoms with Gasteiger partial charge in [-0.2, -0.15) is 9.94 Å². The summed E-state index contributed by atoms with van der Waals surface area (Å²) in [6, 6.07) is 8.18. The van der Waals surface area contributed by atoms with E-state index in [2.05, 4.69) is 42.9 Å². The first-order chi connectivity index (χ1) is 15.8. The highest BCUT2D eigenvalue weighted by atomic mass is 79.9. The monoisotopic (exact) mass is 612 g/mol. The van der Waals surface area contributed by atoms with E-state index in [9.17, 15) is 9.90 Å². The zero-order valence-electron chi connectivity index (χ0n) is 17.0. The fourth-order valence-corrected chi connectivity index (χ4v) is 4.80. The number of phenolic OH excluding ortho intramolecular Hbond substituents is 1. The predicted octanol–water partition coefficient (Wildman–Crippen LogP) is 5.48. The number of terminal acetylenes is 1. The quantitative estimate of drug-likeness (QED) is 0.395. The van der Waals surface area contributed by atoms with Gasteiger partial charge < -0.3 is 9.84 Å². The molecule has 0 spiro atoms. The number of fused-ring (bicyclic) bond motifs is 1. The van der Waals surface area contributed by atoms with E-state index in [-0.39, 0.29) is 18.0 Å². The van der Waals surface area contributed by atoms with Gasteiger partial charge in [-0.15, -0.1) is 11.5 Å². The van der Waals surface area contributed by atoms with Crippen molar-refractivity contribution in [2.45, 2.75) is 25.8 Å². The predicted molar refractivity (Wildman–Crippen MR) is 133 cm³/mol. The average molecular weight is 615 g/mol. The van der Waals surface area contributed by atoms with Gasteiger partial charge in [-0.3, -0.25) is 4.57 Å². The van der Waals surface area contributed by atoms with Crippen molar-refractivity contribution in [1.82, 2.24) is 14.3 Å². The highest BCUT2D eigenvalue weighted by Crippen LogP contribution is 2.33. The van der Waals surface area contributed by atoms with Gasteiger partial charge >= 0.3 is 5.69 Å². The number of aromatic hydroxyl groups is 1. The summed E-state index contributed by atoms with van der Waals surface area (Å²) in [5, 5.41) is 22.8. The van der Waals surface area contributed by atoms with Crippen LogP contribution in [0.3, 0.4) is 0 Å². The minimum Gasteiger partial charge on any atom is -0.506 e. The van der Waals surface area contributed by atoms with Gasteiger partial charge in [-0.05, 0) is 62.9 Å². The molecule has 0 radical (unpaired) electrons. The Balaban J connectivity index is 0.000000235. The van der Waals surface area contributed by atoms with Gasteiger partial charge in [0, 0.05) is 19.0 Å². The number of aromatic nitrogens is 3. The summed E-state index contributed by atoms with van der Waals surface area (Å²) in [5.74, 6) is 3.62. The molecule has 0 saturated heterocycles. The molecular weight excluding hydrogens is 599 g/mol. The lowest BCUT2D eigenvalue weighted by molar-refractivity contribution is 0.370. The molecule has 7 nitrogen and oxygen atoms in total. The number of hydrogen-bond donors (Lipinski definition) is 1. The van der Waals surface area contributed by atoms with E-state index in [0.717, 1.165) is 25.1 Å². The van der Waals surface area contributed by atoms with Crippen LogP contribution in [-0.4, -0.2) is 26.1 Å². The van der Waals surface area contributed by atoms with Crippen LogP contribution in [0.1, 0.15) is 24.2 Å². The van der Waals surface area contributed by atoms with Gasteiger partial charge in [0.1, 0.15) is 23.9 Å². The van der Waals surface area contributed by atoms with Crippen LogP contribution in [-0.2, 0) is 13.0 Å². The first-order valence-electron chi connectivity index (χ1n) is 9.59. The molecule has 1 aliphatic rings. The van der Waals surface area contributed by atoms with Crippen molar-refractivity contribution < 1.29 is 9.84 Å². The number of ether oxygens (including phenoxy) is 1. The summed E-state index contributed by atoms with van der Waals surface area (Å²) in [6.07, 6.45) is 7.97. The Kier molecular flexibility index (Phi) is 8.50. The Morgan fingerprint density at radius 3 is 2.48 bits per heavy atom. The van der Waals surface area contributed by atoms with Gasteiger partial charge in [0.2, 0.25) is 0 Å². The molecule has 1 N–H and O–H groups in total. The normalized spacial score (nSPS) is 12.1. The van der Waals surface area contributed by atoms with Crippen LogP contribution >= 0.6 is 55.1 Å². The summed E-state index contributed by atoms with van der Waals surface area (Å²) >= 11 is 18.5. The lowest BCUT2D eigenvalue weighted by Crippen LogP contribution is -2.26. The topological polar surface area (TPSA) is 93.1 Å². The zero-order chi connectivity index (χ0) is 24.1. The van der Waals surface area contributed by atoms with E-state index in [1.54, 1.807) is 22.8 Å². The standard InChI is InChI=1S/C15H13Cl2N3O2.C7H3Br2NO/c1-2-7-22-13-9-12(10(16)8-11(13)17)20-15(21)19-6-4-3-5-14(19)18-20;8-5-1-4(3-10)2-6(9)7(5)11/h1,8-9H,3-7H2;1-2,11H. The van der Waals surface area contributed by atoms with Crippen LogP contribution in [0.15, 0.2) is 38.0 Å². The third kappa shape index (κ3) is 5.74. The number of halogens is 4. The Hall–Kier alpha value is -2.43. The van der Waals surface area contributed by atoms with E-state index in [1.165, 1.54) is 10.7 Å². The third-order valence-electron chi connectivity index (χ3n) is 4.66. The molecule has 2 heterocycles. The second kappa shape index (κ2) is 11.1. The largest absolute Gasteiger partial charge is 0.506 e. The van der Waals surface area contributed by atoms with Crippen LogP contribution in [0, 0.1) is 23.7 Å². The molecule has 1 aliphatic heterocycles. The van der Waals surface area contributed by atoms with Crippen LogP contribution in [0.2, 0.25) is 10.0 Å².